The molecule has 0 radical (unpaired) electrons. The van der Waals surface area contributed by atoms with Gasteiger partial charge in [0.05, 0.1) is 12.1 Å². The summed E-state index contributed by atoms with van der Waals surface area (Å²) in [6, 6.07) is 3.01. The number of amides is 1. The number of carbonyl (C=O) groups excluding carboxylic acids is 1. The van der Waals surface area contributed by atoms with Gasteiger partial charge in [0.2, 0.25) is 0 Å². The summed E-state index contributed by atoms with van der Waals surface area (Å²) in [5, 5.41) is -0.221. The van der Waals surface area contributed by atoms with Crippen LogP contribution in [0.25, 0.3) is 0 Å². The molecular formula is C12H9ClF5NO2. The maximum atomic E-state index is 13.2. The lowest BCUT2D eigenvalue weighted by Gasteiger charge is -2.24. The van der Waals surface area contributed by atoms with Gasteiger partial charge in [-0.05, 0) is 17.7 Å². The van der Waals surface area contributed by atoms with Crippen LogP contribution in [0.15, 0.2) is 18.2 Å². The van der Waals surface area contributed by atoms with Gasteiger partial charge >= 0.3 is 12.1 Å². The van der Waals surface area contributed by atoms with E-state index >= 15 is 0 Å². The Morgan fingerprint density at radius 1 is 1.24 bits per heavy atom. The Morgan fingerprint density at radius 3 is 2.52 bits per heavy atom. The molecule has 116 valence electrons. The topological polar surface area (TPSA) is 38.3 Å². The van der Waals surface area contributed by atoms with Crippen molar-refractivity contribution >= 4 is 17.5 Å². The van der Waals surface area contributed by atoms with Gasteiger partial charge in [-0.1, -0.05) is 6.07 Å². The fourth-order valence-electron chi connectivity index (χ4n) is 1.78. The largest absolute Gasteiger partial charge is 0.491 e. The minimum absolute atomic E-state index is 0.105. The highest BCUT2D eigenvalue weighted by molar-refractivity contribution is 6.21. The lowest BCUT2D eigenvalue weighted by molar-refractivity contribution is -0.283. The maximum absolute atomic E-state index is 13.2. The van der Waals surface area contributed by atoms with E-state index in [-0.39, 0.29) is 24.5 Å². The molecule has 1 unspecified atom stereocenters. The zero-order valence-electron chi connectivity index (χ0n) is 10.3. The van der Waals surface area contributed by atoms with E-state index in [9.17, 15) is 26.7 Å². The number of fused-ring (bicyclic) bond motifs is 1. The molecule has 1 atom stereocenters. The zero-order valence-corrected chi connectivity index (χ0v) is 11.1. The second-order valence-corrected chi connectivity index (χ2v) is 4.78. The van der Waals surface area contributed by atoms with Gasteiger partial charge in [0.15, 0.2) is 0 Å². The summed E-state index contributed by atoms with van der Waals surface area (Å²) in [6.07, 6.45) is -5.79. The molecule has 21 heavy (non-hydrogen) atoms. The molecular weight excluding hydrogens is 321 g/mol. The summed E-state index contributed by atoms with van der Waals surface area (Å²) in [7, 11) is 0. The van der Waals surface area contributed by atoms with Crippen molar-refractivity contribution in [3.63, 3.8) is 0 Å². The average molecular weight is 330 g/mol. The highest BCUT2D eigenvalue weighted by Gasteiger charge is 2.62. The van der Waals surface area contributed by atoms with Crippen LogP contribution < -0.4 is 10.1 Å². The van der Waals surface area contributed by atoms with Crippen molar-refractivity contribution in [3.05, 3.63) is 29.3 Å². The van der Waals surface area contributed by atoms with Crippen molar-refractivity contribution in [2.45, 2.75) is 17.5 Å². The molecule has 1 N–H and O–H groups in total. The lowest BCUT2D eigenvalue weighted by atomic mass is 10.0. The van der Waals surface area contributed by atoms with Crippen LogP contribution in [0, 0.1) is 0 Å². The molecule has 1 aromatic rings. The van der Waals surface area contributed by atoms with Crippen LogP contribution in [-0.2, 0) is 0 Å². The van der Waals surface area contributed by atoms with E-state index in [1.807, 2.05) is 0 Å². The molecule has 0 bridgehead atoms. The van der Waals surface area contributed by atoms with E-state index in [0.29, 0.717) is 0 Å². The number of carbonyl (C=O) groups is 1. The fourth-order valence-corrected chi connectivity index (χ4v) is 2.04. The Bertz CT molecular complexity index is 561. The number of ether oxygens (including phenoxy) is 1. The highest BCUT2D eigenvalue weighted by Crippen LogP contribution is 2.48. The normalized spacial score (nSPS) is 17.3. The second-order valence-electron chi connectivity index (χ2n) is 4.34. The number of halogens is 6. The van der Waals surface area contributed by atoms with Crippen molar-refractivity contribution in [2.24, 2.45) is 0 Å². The minimum atomic E-state index is -5.79. The second kappa shape index (κ2) is 5.32. The van der Waals surface area contributed by atoms with Gasteiger partial charge in [-0.15, -0.1) is 11.6 Å². The number of hydrogen-bond acceptors (Lipinski definition) is 2. The van der Waals surface area contributed by atoms with E-state index in [1.54, 1.807) is 0 Å². The molecule has 0 spiro atoms. The third kappa shape index (κ3) is 2.90. The van der Waals surface area contributed by atoms with E-state index in [2.05, 4.69) is 5.32 Å². The van der Waals surface area contributed by atoms with E-state index in [1.165, 1.54) is 0 Å². The first-order valence-electron chi connectivity index (χ1n) is 5.78. The number of hydrogen-bond donors (Lipinski definition) is 1. The Morgan fingerprint density at radius 2 is 1.90 bits per heavy atom. The third-order valence-corrected chi connectivity index (χ3v) is 3.41. The molecule has 0 saturated carbocycles. The van der Waals surface area contributed by atoms with Crippen LogP contribution in [0.5, 0.6) is 5.75 Å². The van der Waals surface area contributed by atoms with Gasteiger partial charge in [-0.25, -0.2) is 0 Å². The molecule has 0 saturated heterocycles. The van der Waals surface area contributed by atoms with E-state index in [0.717, 1.165) is 18.2 Å². The zero-order chi connectivity index (χ0) is 15.8. The predicted molar refractivity (Wildman–Crippen MR) is 63.9 cm³/mol. The van der Waals surface area contributed by atoms with E-state index in [4.69, 9.17) is 16.3 Å². The lowest BCUT2D eigenvalue weighted by Crippen LogP contribution is -2.40. The minimum Gasteiger partial charge on any atom is -0.491 e. The van der Waals surface area contributed by atoms with Crippen LogP contribution >= 0.6 is 11.6 Å². The van der Waals surface area contributed by atoms with Crippen LogP contribution in [0.2, 0.25) is 0 Å². The first-order chi connectivity index (χ1) is 9.64. The van der Waals surface area contributed by atoms with Gasteiger partial charge in [0.1, 0.15) is 17.7 Å². The molecule has 1 aliphatic heterocycles. The Kier molecular flexibility index (Phi) is 4.01. The number of nitrogens with one attached hydrogen (secondary N) is 1. The Hall–Kier alpha value is -1.57. The molecule has 3 nitrogen and oxygen atoms in total. The smallest absolute Gasteiger partial charge is 0.455 e. The molecule has 2 rings (SSSR count). The molecule has 0 fully saturated rings. The van der Waals surface area contributed by atoms with Crippen molar-refractivity contribution in [1.82, 2.24) is 5.32 Å². The van der Waals surface area contributed by atoms with Crippen LogP contribution in [0.1, 0.15) is 21.3 Å². The average Bonchev–Trinajstić information content (AvgIpc) is 2.58. The summed E-state index contributed by atoms with van der Waals surface area (Å²) in [5.41, 5.74) is -0.646. The van der Waals surface area contributed by atoms with E-state index < -0.39 is 28.9 Å². The highest BCUT2D eigenvalue weighted by atomic mass is 35.5. The van der Waals surface area contributed by atoms with Gasteiger partial charge in [0.25, 0.3) is 5.91 Å². The van der Waals surface area contributed by atoms with Gasteiger partial charge in [-0.2, -0.15) is 22.0 Å². The Labute approximate surface area is 121 Å². The number of rotatable bonds is 2. The van der Waals surface area contributed by atoms with Gasteiger partial charge in [0, 0.05) is 0 Å². The van der Waals surface area contributed by atoms with Crippen molar-refractivity contribution < 1.29 is 31.5 Å². The summed E-state index contributed by atoms with van der Waals surface area (Å²) in [4.78, 5) is 11.7. The van der Waals surface area contributed by atoms with Crippen LogP contribution in [0.4, 0.5) is 22.0 Å². The first-order valence-corrected chi connectivity index (χ1v) is 6.22. The first kappa shape index (κ1) is 15.8. The maximum Gasteiger partial charge on any atom is 0.455 e. The van der Waals surface area contributed by atoms with Crippen molar-refractivity contribution in [3.8, 4) is 5.75 Å². The van der Waals surface area contributed by atoms with Crippen LogP contribution in [-0.4, -0.2) is 31.2 Å². The summed E-state index contributed by atoms with van der Waals surface area (Å²) < 4.78 is 68.6. The molecule has 1 amide bonds. The summed E-state index contributed by atoms with van der Waals surface area (Å²) in [5.74, 6) is -5.64. The van der Waals surface area contributed by atoms with Crippen molar-refractivity contribution in [1.29, 1.82) is 0 Å². The SMILES string of the molecule is O=C1NCCOc2ccc(C(Cl)C(F)(F)C(F)(F)F)cc21. The third-order valence-electron chi connectivity index (χ3n) is 2.88. The van der Waals surface area contributed by atoms with Gasteiger partial charge in [-0.3, -0.25) is 4.79 Å². The molecule has 1 aromatic carbocycles. The monoisotopic (exact) mass is 329 g/mol. The van der Waals surface area contributed by atoms with Gasteiger partial charge < -0.3 is 10.1 Å². The quantitative estimate of drug-likeness (QED) is 0.668. The summed E-state index contributed by atoms with van der Waals surface area (Å²) in [6.45, 7) is 0.368. The number of alkyl halides is 6. The molecule has 1 aliphatic rings. The molecule has 0 aliphatic carbocycles. The van der Waals surface area contributed by atoms with Crippen LogP contribution in [0.3, 0.4) is 0 Å². The standard InChI is InChI=1S/C12H9ClF5NO2/c13-9(11(14,15)12(16,17)18)6-1-2-8-7(5-6)10(20)19-3-4-21-8/h1-2,5,9H,3-4H2,(H,19,20). The summed E-state index contributed by atoms with van der Waals surface area (Å²) >= 11 is 5.27. The number of benzene rings is 1. The van der Waals surface area contributed by atoms with Crippen molar-refractivity contribution in [2.75, 3.05) is 13.2 Å². The predicted octanol–water partition coefficient (Wildman–Crippen LogP) is 3.29. The molecule has 9 heteroatoms. The molecule has 1 heterocycles. The Balaban J connectivity index is 2.40. The molecule has 0 aromatic heterocycles. The fraction of sp³-hybridized carbons (Fsp3) is 0.417.